The van der Waals surface area contributed by atoms with Gasteiger partial charge < -0.3 is 14.3 Å². The van der Waals surface area contributed by atoms with Crippen LogP contribution in [0.25, 0.3) is 11.0 Å². The summed E-state index contributed by atoms with van der Waals surface area (Å²) in [6, 6.07) is 15.8. The lowest BCUT2D eigenvalue weighted by atomic mass is 9.90. The van der Waals surface area contributed by atoms with E-state index in [0.717, 1.165) is 13.0 Å². The lowest BCUT2D eigenvalue weighted by molar-refractivity contribution is 0.190. The predicted octanol–water partition coefficient (Wildman–Crippen LogP) is 4.79. The highest BCUT2D eigenvalue weighted by Crippen LogP contribution is 2.27. The Labute approximate surface area is 189 Å². The molecule has 3 aromatic rings. The van der Waals surface area contributed by atoms with E-state index in [0.29, 0.717) is 47.9 Å². The molecule has 5 heteroatoms. The summed E-state index contributed by atoms with van der Waals surface area (Å²) in [7, 11) is 0. The summed E-state index contributed by atoms with van der Waals surface area (Å²) in [6.07, 6.45) is 8.65. The molecule has 0 radical (unpaired) electrons. The lowest BCUT2D eigenvalue weighted by Gasteiger charge is -2.22. The number of ether oxygens (including phenoxy) is 1. The predicted molar refractivity (Wildman–Crippen MR) is 127 cm³/mol. The monoisotopic (exact) mass is 435 g/mol. The molecule has 4 rings (SSSR count). The SMILES string of the molecule is O=c1c(CN(CCO)CCc2ccccc2)coc2cccc(OCC3CCCCC3)c12. The summed E-state index contributed by atoms with van der Waals surface area (Å²) in [5.41, 5.74) is 2.33. The Morgan fingerprint density at radius 1 is 1.00 bits per heavy atom. The molecule has 1 saturated carbocycles. The highest BCUT2D eigenvalue weighted by molar-refractivity contribution is 5.83. The van der Waals surface area contributed by atoms with E-state index in [1.165, 1.54) is 37.7 Å². The van der Waals surface area contributed by atoms with Gasteiger partial charge in [-0.15, -0.1) is 0 Å². The van der Waals surface area contributed by atoms with Gasteiger partial charge in [0.2, 0.25) is 5.43 Å². The summed E-state index contributed by atoms with van der Waals surface area (Å²) in [4.78, 5) is 15.5. The quantitative estimate of drug-likeness (QED) is 0.496. The number of aliphatic hydroxyl groups excluding tert-OH is 1. The van der Waals surface area contributed by atoms with E-state index in [4.69, 9.17) is 9.15 Å². The topological polar surface area (TPSA) is 62.9 Å². The van der Waals surface area contributed by atoms with Gasteiger partial charge in [-0.1, -0.05) is 55.7 Å². The largest absolute Gasteiger partial charge is 0.492 e. The molecule has 0 unspecified atom stereocenters. The van der Waals surface area contributed by atoms with E-state index in [1.807, 2.05) is 36.4 Å². The summed E-state index contributed by atoms with van der Waals surface area (Å²) in [5.74, 6) is 1.17. The number of hydrogen-bond donors (Lipinski definition) is 1. The average Bonchev–Trinajstić information content (AvgIpc) is 2.84. The molecular formula is C27H33NO4. The van der Waals surface area contributed by atoms with Crippen molar-refractivity contribution < 1.29 is 14.3 Å². The fraction of sp³-hybridized carbons (Fsp3) is 0.444. The zero-order valence-electron chi connectivity index (χ0n) is 18.7. The fourth-order valence-electron chi connectivity index (χ4n) is 4.56. The first-order chi connectivity index (χ1) is 15.7. The maximum absolute atomic E-state index is 13.4. The lowest BCUT2D eigenvalue weighted by Crippen LogP contribution is -2.31. The normalized spacial score (nSPS) is 14.8. The highest BCUT2D eigenvalue weighted by Gasteiger charge is 2.18. The average molecular weight is 436 g/mol. The third-order valence-electron chi connectivity index (χ3n) is 6.40. The van der Waals surface area contributed by atoms with Gasteiger partial charge in [-0.3, -0.25) is 9.69 Å². The number of nitrogens with zero attached hydrogens (tertiary/aromatic N) is 1. The van der Waals surface area contributed by atoms with Gasteiger partial charge in [0.1, 0.15) is 16.7 Å². The van der Waals surface area contributed by atoms with Crippen LogP contribution in [-0.2, 0) is 13.0 Å². The van der Waals surface area contributed by atoms with Crippen molar-refractivity contribution in [1.82, 2.24) is 4.90 Å². The Morgan fingerprint density at radius 2 is 1.81 bits per heavy atom. The molecule has 0 atom stereocenters. The molecule has 1 aliphatic rings. The summed E-state index contributed by atoms with van der Waals surface area (Å²) in [5, 5.41) is 10.0. The third kappa shape index (κ3) is 5.78. The molecule has 1 aliphatic carbocycles. The minimum atomic E-state index is -0.0480. The molecule has 5 nitrogen and oxygen atoms in total. The Morgan fingerprint density at radius 3 is 2.59 bits per heavy atom. The second-order valence-electron chi connectivity index (χ2n) is 8.77. The van der Waals surface area contributed by atoms with Crippen LogP contribution in [0.15, 0.2) is 64.0 Å². The van der Waals surface area contributed by atoms with Gasteiger partial charge in [0.15, 0.2) is 0 Å². The van der Waals surface area contributed by atoms with Crippen molar-refractivity contribution in [2.24, 2.45) is 5.92 Å². The van der Waals surface area contributed by atoms with Crippen molar-refractivity contribution in [2.75, 3.05) is 26.3 Å². The first-order valence-electron chi connectivity index (χ1n) is 11.8. The second-order valence-corrected chi connectivity index (χ2v) is 8.77. The van der Waals surface area contributed by atoms with Crippen LogP contribution in [0, 0.1) is 5.92 Å². The molecule has 0 saturated heterocycles. The van der Waals surface area contributed by atoms with Gasteiger partial charge in [0.05, 0.1) is 19.5 Å². The first-order valence-corrected chi connectivity index (χ1v) is 11.8. The van der Waals surface area contributed by atoms with Crippen molar-refractivity contribution in [1.29, 1.82) is 0 Å². The third-order valence-corrected chi connectivity index (χ3v) is 6.40. The van der Waals surface area contributed by atoms with Crippen LogP contribution < -0.4 is 10.2 Å². The number of benzene rings is 2. The summed E-state index contributed by atoms with van der Waals surface area (Å²) >= 11 is 0. The van der Waals surface area contributed by atoms with Gasteiger partial charge in [0.25, 0.3) is 0 Å². The molecule has 1 heterocycles. The van der Waals surface area contributed by atoms with Gasteiger partial charge in [-0.25, -0.2) is 0 Å². The molecule has 0 spiro atoms. The molecule has 1 N–H and O–H groups in total. The summed E-state index contributed by atoms with van der Waals surface area (Å²) < 4.78 is 12.0. The van der Waals surface area contributed by atoms with E-state index < -0.39 is 0 Å². The van der Waals surface area contributed by atoms with Gasteiger partial charge in [-0.2, -0.15) is 0 Å². The second kappa shape index (κ2) is 11.3. The van der Waals surface area contributed by atoms with Crippen molar-refractivity contribution in [3.05, 3.63) is 76.1 Å². The zero-order valence-corrected chi connectivity index (χ0v) is 18.7. The van der Waals surface area contributed by atoms with Crippen molar-refractivity contribution in [3.8, 4) is 5.75 Å². The maximum atomic E-state index is 13.4. The molecule has 32 heavy (non-hydrogen) atoms. The van der Waals surface area contributed by atoms with Crippen LogP contribution in [0.3, 0.4) is 0 Å². The first kappa shape index (κ1) is 22.6. The standard InChI is InChI=1S/C27H33NO4/c29-17-16-28(15-14-21-8-3-1-4-9-21)18-23-20-32-25-13-7-12-24(26(25)27(23)30)31-19-22-10-5-2-6-11-22/h1,3-4,7-9,12-13,20,22,29H,2,5-6,10-11,14-19H2. The highest BCUT2D eigenvalue weighted by atomic mass is 16.5. The van der Waals surface area contributed by atoms with E-state index >= 15 is 0 Å². The van der Waals surface area contributed by atoms with E-state index in [-0.39, 0.29) is 12.0 Å². The van der Waals surface area contributed by atoms with Crippen LogP contribution in [0.4, 0.5) is 0 Å². The van der Waals surface area contributed by atoms with Crippen LogP contribution in [-0.4, -0.2) is 36.3 Å². The molecule has 2 aromatic carbocycles. The molecule has 170 valence electrons. The Hall–Kier alpha value is -2.63. The Bertz CT molecular complexity index is 1040. The van der Waals surface area contributed by atoms with Crippen LogP contribution in [0.1, 0.15) is 43.2 Å². The van der Waals surface area contributed by atoms with Crippen LogP contribution in [0.2, 0.25) is 0 Å². The molecule has 0 bridgehead atoms. The van der Waals surface area contributed by atoms with E-state index in [2.05, 4.69) is 17.0 Å². The van der Waals surface area contributed by atoms with Gasteiger partial charge in [-0.05, 0) is 42.9 Å². The molecule has 1 aromatic heterocycles. The molecule has 1 fully saturated rings. The van der Waals surface area contributed by atoms with Crippen molar-refractivity contribution in [2.45, 2.75) is 45.1 Å². The molecular weight excluding hydrogens is 402 g/mol. The molecule has 0 amide bonds. The molecule has 0 aliphatic heterocycles. The minimum absolute atomic E-state index is 0.0451. The van der Waals surface area contributed by atoms with E-state index in [1.54, 1.807) is 6.26 Å². The van der Waals surface area contributed by atoms with Crippen molar-refractivity contribution in [3.63, 3.8) is 0 Å². The Balaban J connectivity index is 1.51. The van der Waals surface area contributed by atoms with Gasteiger partial charge >= 0.3 is 0 Å². The number of fused-ring (bicyclic) bond motifs is 1. The fourth-order valence-corrected chi connectivity index (χ4v) is 4.56. The van der Waals surface area contributed by atoms with Crippen LogP contribution in [0.5, 0.6) is 5.75 Å². The summed E-state index contributed by atoms with van der Waals surface area (Å²) in [6.45, 7) is 2.38. The number of hydrogen-bond acceptors (Lipinski definition) is 5. The van der Waals surface area contributed by atoms with Crippen molar-refractivity contribution >= 4 is 11.0 Å². The zero-order chi connectivity index (χ0) is 22.2. The minimum Gasteiger partial charge on any atom is -0.492 e. The maximum Gasteiger partial charge on any atom is 0.200 e. The number of aliphatic hydroxyl groups is 1. The van der Waals surface area contributed by atoms with Crippen LogP contribution >= 0.6 is 0 Å². The van der Waals surface area contributed by atoms with E-state index in [9.17, 15) is 9.90 Å². The smallest absolute Gasteiger partial charge is 0.200 e. The number of rotatable bonds is 10. The Kier molecular flexibility index (Phi) is 7.97. The van der Waals surface area contributed by atoms with Gasteiger partial charge in [0, 0.05) is 25.2 Å².